The summed E-state index contributed by atoms with van der Waals surface area (Å²) in [6, 6.07) is 2.03. The van der Waals surface area contributed by atoms with Gasteiger partial charge in [-0.3, -0.25) is 0 Å². The van der Waals surface area contributed by atoms with E-state index < -0.39 is 0 Å². The first-order chi connectivity index (χ1) is 8.42. The van der Waals surface area contributed by atoms with Gasteiger partial charge in [0.2, 0.25) is 0 Å². The van der Waals surface area contributed by atoms with Crippen molar-refractivity contribution < 1.29 is 14.0 Å². The van der Waals surface area contributed by atoms with Crippen LogP contribution in [0.1, 0.15) is 55.9 Å². The minimum absolute atomic E-state index is 0.0546. The largest absolute Gasteiger partial charge is 0.359 e. The highest BCUT2D eigenvalue weighted by atomic mass is 16.7. The van der Waals surface area contributed by atoms with Crippen LogP contribution in [-0.4, -0.2) is 18.1 Å². The van der Waals surface area contributed by atoms with E-state index in [-0.39, 0.29) is 6.29 Å². The molecule has 1 aliphatic carbocycles. The van der Waals surface area contributed by atoms with Gasteiger partial charge in [0.05, 0.1) is 5.69 Å². The van der Waals surface area contributed by atoms with E-state index in [0.717, 1.165) is 30.9 Å². The maximum Gasteiger partial charge on any atom is 0.162 e. The summed E-state index contributed by atoms with van der Waals surface area (Å²) in [5, 5.41) is 4.11. The lowest BCUT2D eigenvalue weighted by Gasteiger charge is -2.22. The number of nitrogens with zero attached hydrogens (tertiary/aromatic N) is 1. The molecule has 94 valence electrons. The maximum absolute atomic E-state index is 5.66. The zero-order valence-electron chi connectivity index (χ0n) is 10.1. The average Bonchev–Trinajstić information content (AvgIpc) is 2.74. The van der Waals surface area contributed by atoms with E-state index in [4.69, 9.17) is 14.0 Å². The second-order valence-corrected chi connectivity index (χ2v) is 4.95. The monoisotopic (exact) mass is 237 g/mol. The second kappa shape index (κ2) is 5.19. The number of hydrogen-bond donors (Lipinski definition) is 0. The van der Waals surface area contributed by atoms with Crippen LogP contribution < -0.4 is 0 Å². The fourth-order valence-corrected chi connectivity index (χ4v) is 2.31. The molecule has 0 spiro atoms. The number of ether oxygens (including phenoxy) is 2. The first-order valence-electron chi connectivity index (χ1n) is 6.60. The van der Waals surface area contributed by atoms with Crippen molar-refractivity contribution in [2.24, 2.45) is 0 Å². The molecule has 1 aliphatic heterocycles. The van der Waals surface area contributed by atoms with Gasteiger partial charge >= 0.3 is 0 Å². The zero-order chi connectivity index (χ0) is 11.5. The minimum Gasteiger partial charge on any atom is -0.359 e. The van der Waals surface area contributed by atoms with Crippen molar-refractivity contribution in [1.82, 2.24) is 5.16 Å². The van der Waals surface area contributed by atoms with Gasteiger partial charge in [-0.15, -0.1) is 0 Å². The van der Waals surface area contributed by atoms with Crippen molar-refractivity contribution in [1.29, 1.82) is 0 Å². The van der Waals surface area contributed by atoms with Gasteiger partial charge in [0.25, 0.3) is 0 Å². The quantitative estimate of drug-likeness (QED) is 0.807. The van der Waals surface area contributed by atoms with Crippen molar-refractivity contribution >= 4 is 0 Å². The molecule has 2 fully saturated rings. The molecule has 4 heteroatoms. The Morgan fingerprint density at radius 1 is 1.24 bits per heavy atom. The Hall–Kier alpha value is -0.870. The minimum atomic E-state index is -0.0546. The van der Waals surface area contributed by atoms with E-state index in [1.165, 1.54) is 25.7 Å². The van der Waals surface area contributed by atoms with Crippen LogP contribution in [-0.2, 0) is 16.1 Å². The average molecular weight is 237 g/mol. The Balaban J connectivity index is 1.48. The summed E-state index contributed by atoms with van der Waals surface area (Å²) in [5.41, 5.74) is 1.10. The van der Waals surface area contributed by atoms with Crippen LogP contribution in [0.2, 0.25) is 0 Å². The third-order valence-electron chi connectivity index (χ3n) is 3.65. The van der Waals surface area contributed by atoms with Crippen LogP contribution in [0, 0.1) is 0 Å². The fraction of sp³-hybridized carbons (Fsp3) is 0.769. The van der Waals surface area contributed by atoms with E-state index in [2.05, 4.69) is 5.16 Å². The third-order valence-corrected chi connectivity index (χ3v) is 3.65. The standard InChI is InChI=1S/C13H19NO3/c1-2-7-15-13(6-1)16-9-11-8-12(14-17-11)10-4-3-5-10/h8,10,13H,1-7,9H2. The molecule has 1 saturated carbocycles. The van der Waals surface area contributed by atoms with E-state index >= 15 is 0 Å². The second-order valence-electron chi connectivity index (χ2n) is 4.95. The Morgan fingerprint density at radius 3 is 2.88 bits per heavy atom. The molecule has 0 amide bonds. The lowest BCUT2D eigenvalue weighted by Crippen LogP contribution is -2.21. The molecule has 1 unspecified atom stereocenters. The normalized spacial score (nSPS) is 25.8. The van der Waals surface area contributed by atoms with Crippen molar-refractivity contribution in [2.45, 2.75) is 57.3 Å². The molecule has 1 atom stereocenters. The lowest BCUT2D eigenvalue weighted by atomic mass is 9.83. The molecule has 0 N–H and O–H groups in total. The SMILES string of the molecule is c1c(C2CCC2)noc1COC1CCCCO1. The summed E-state index contributed by atoms with van der Waals surface area (Å²) in [4.78, 5) is 0. The van der Waals surface area contributed by atoms with Crippen LogP contribution in [0.5, 0.6) is 0 Å². The Kier molecular flexibility index (Phi) is 3.43. The third kappa shape index (κ3) is 2.69. The summed E-state index contributed by atoms with van der Waals surface area (Å²) in [7, 11) is 0. The zero-order valence-corrected chi connectivity index (χ0v) is 10.1. The van der Waals surface area contributed by atoms with E-state index in [1.807, 2.05) is 6.07 Å². The predicted octanol–water partition coefficient (Wildman–Crippen LogP) is 2.99. The first-order valence-corrected chi connectivity index (χ1v) is 6.60. The molecule has 4 nitrogen and oxygen atoms in total. The summed E-state index contributed by atoms with van der Waals surface area (Å²) >= 11 is 0. The van der Waals surface area contributed by atoms with E-state index in [1.54, 1.807) is 0 Å². The fourth-order valence-electron chi connectivity index (χ4n) is 2.31. The summed E-state index contributed by atoms with van der Waals surface area (Å²) < 4.78 is 16.4. The van der Waals surface area contributed by atoms with Crippen molar-refractivity contribution in [3.63, 3.8) is 0 Å². The van der Waals surface area contributed by atoms with Gasteiger partial charge in [-0.2, -0.15) is 0 Å². The molecular weight excluding hydrogens is 218 g/mol. The van der Waals surface area contributed by atoms with Crippen LogP contribution in [0.25, 0.3) is 0 Å². The number of aromatic nitrogens is 1. The molecule has 0 aromatic carbocycles. The lowest BCUT2D eigenvalue weighted by molar-refractivity contribution is -0.171. The van der Waals surface area contributed by atoms with Gasteiger partial charge in [0.15, 0.2) is 12.1 Å². The highest BCUT2D eigenvalue weighted by Gasteiger charge is 2.23. The van der Waals surface area contributed by atoms with Gasteiger partial charge in [-0.1, -0.05) is 11.6 Å². The van der Waals surface area contributed by atoms with Crippen LogP contribution >= 0.6 is 0 Å². The molecular formula is C13H19NO3. The van der Waals surface area contributed by atoms with Crippen molar-refractivity contribution in [2.75, 3.05) is 6.61 Å². The van der Waals surface area contributed by atoms with Gasteiger partial charge < -0.3 is 14.0 Å². The van der Waals surface area contributed by atoms with Gasteiger partial charge in [0, 0.05) is 18.6 Å². The predicted molar refractivity (Wildman–Crippen MR) is 61.5 cm³/mol. The van der Waals surface area contributed by atoms with Crippen molar-refractivity contribution in [3.05, 3.63) is 17.5 Å². The molecule has 0 bridgehead atoms. The highest BCUT2D eigenvalue weighted by Crippen LogP contribution is 2.35. The molecule has 3 rings (SSSR count). The topological polar surface area (TPSA) is 44.5 Å². The van der Waals surface area contributed by atoms with Gasteiger partial charge in [0.1, 0.15) is 6.61 Å². The highest BCUT2D eigenvalue weighted by molar-refractivity contribution is 5.12. The Morgan fingerprint density at radius 2 is 2.18 bits per heavy atom. The van der Waals surface area contributed by atoms with Crippen LogP contribution in [0.3, 0.4) is 0 Å². The molecule has 1 aromatic rings. The smallest absolute Gasteiger partial charge is 0.162 e. The first kappa shape index (κ1) is 11.2. The Bertz CT molecular complexity index is 353. The summed E-state index contributed by atoms with van der Waals surface area (Å²) in [6.07, 6.45) is 7.09. The molecule has 2 aliphatic rings. The van der Waals surface area contributed by atoms with Gasteiger partial charge in [-0.25, -0.2) is 0 Å². The van der Waals surface area contributed by atoms with Gasteiger partial charge in [-0.05, 0) is 32.1 Å². The Labute approximate surface area is 101 Å². The van der Waals surface area contributed by atoms with Crippen molar-refractivity contribution in [3.8, 4) is 0 Å². The van der Waals surface area contributed by atoms with Crippen LogP contribution in [0.4, 0.5) is 0 Å². The number of rotatable bonds is 4. The van der Waals surface area contributed by atoms with Crippen LogP contribution in [0.15, 0.2) is 10.6 Å². The number of hydrogen-bond acceptors (Lipinski definition) is 4. The summed E-state index contributed by atoms with van der Waals surface area (Å²) in [5.74, 6) is 1.44. The molecule has 0 radical (unpaired) electrons. The maximum atomic E-state index is 5.66. The molecule has 1 saturated heterocycles. The van der Waals surface area contributed by atoms with E-state index in [9.17, 15) is 0 Å². The molecule has 17 heavy (non-hydrogen) atoms. The molecule has 2 heterocycles. The molecule has 1 aromatic heterocycles. The van der Waals surface area contributed by atoms with E-state index in [0.29, 0.717) is 12.5 Å². The summed E-state index contributed by atoms with van der Waals surface area (Å²) in [6.45, 7) is 1.29.